The van der Waals surface area contributed by atoms with Crippen LogP contribution in [0.1, 0.15) is 11.1 Å². The lowest BCUT2D eigenvalue weighted by molar-refractivity contribution is -0.116. The number of hydrogen-bond donors (Lipinski definition) is 1. The van der Waals surface area contributed by atoms with Gasteiger partial charge >= 0.3 is 0 Å². The molecule has 0 radical (unpaired) electrons. The average molecular weight is 618 g/mol. The van der Waals surface area contributed by atoms with Crippen molar-refractivity contribution in [2.75, 3.05) is 10.7 Å². The number of hydrogen-bond acceptors (Lipinski definition) is 6. The molecule has 0 saturated carbocycles. The van der Waals surface area contributed by atoms with Gasteiger partial charge in [0.25, 0.3) is 0 Å². The Hall–Kier alpha value is -3.27. The van der Waals surface area contributed by atoms with E-state index in [1.165, 1.54) is 11.8 Å². The molecule has 6 nitrogen and oxygen atoms in total. The Morgan fingerprint density at radius 2 is 1.85 bits per heavy atom. The van der Waals surface area contributed by atoms with Crippen molar-refractivity contribution < 1.29 is 9.90 Å². The third kappa shape index (κ3) is 4.95. The summed E-state index contributed by atoms with van der Waals surface area (Å²) in [6.45, 7) is 4.09. The molecular formula is C30H25BrN4O2S2. The number of thioether (sulfide) groups is 2. The van der Waals surface area contributed by atoms with E-state index >= 15 is 0 Å². The second-order valence-electron chi connectivity index (χ2n) is 9.46. The van der Waals surface area contributed by atoms with Gasteiger partial charge in [0.15, 0.2) is 11.0 Å². The molecule has 9 heteroatoms. The van der Waals surface area contributed by atoms with E-state index in [0.717, 1.165) is 31.9 Å². The highest BCUT2D eigenvalue weighted by Gasteiger charge is 2.36. The first-order valence-electron chi connectivity index (χ1n) is 12.5. The second-order valence-corrected chi connectivity index (χ2v) is 12.5. The smallest absolute Gasteiger partial charge is 0.238 e. The van der Waals surface area contributed by atoms with E-state index < -0.39 is 0 Å². The summed E-state index contributed by atoms with van der Waals surface area (Å²) in [4.78, 5) is 16.9. The molecule has 3 aromatic carbocycles. The highest BCUT2D eigenvalue weighted by Crippen LogP contribution is 2.44. The van der Waals surface area contributed by atoms with Crippen LogP contribution < -0.4 is 4.90 Å². The second kappa shape index (κ2) is 10.7. The Balaban J connectivity index is 1.37. The van der Waals surface area contributed by atoms with Gasteiger partial charge in [-0.1, -0.05) is 81.8 Å². The fourth-order valence-electron chi connectivity index (χ4n) is 4.98. The number of nitrogens with zero attached hydrogens (tertiary/aromatic N) is 4. The molecule has 1 aliphatic carbocycles. The van der Waals surface area contributed by atoms with E-state index in [0.29, 0.717) is 16.5 Å². The van der Waals surface area contributed by atoms with Crippen LogP contribution in [0, 0.1) is 13.8 Å². The van der Waals surface area contributed by atoms with Crippen molar-refractivity contribution in [3.8, 4) is 22.8 Å². The van der Waals surface area contributed by atoms with Crippen LogP contribution in [0.3, 0.4) is 0 Å². The normalized spacial score (nSPS) is 17.7. The monoisotopic (exact) mass is 616 g/mol. The van der Waals surface area contributed by atoms with Gasteiger partial charge in [-0.05, 0) is 55.8 Å². The van der Waals surface area contributed by atoms with E-state index in [-0.39, 0.29) is 28.7 Å². The number of benzene rings is 3. The van der Waals surface area contributed by atoms with Gasteiger partial charge in [0.2, 0.25) is 5.91 Å². The van der Waals surface area contributed by atoms with Gasteiger partial charge in [-0.15, -0.1) is 22.0 Å². The quantitative estimate of drug-likeness (QED) is 0.241. The highest BCUT2D eigenvalue weighted by atomic mass is 79.9. The van der Waals surface area contributed by atoms with Crippen molar-refractivity contribution in [1.29, 1.82) is 0 Å². The van der Waals surface area contributed by atoms with Gasteiger partial charge in [-0.2, -0.15) is 0 Å². The fraction of sp³-hybridized carbons (Fsp3) is 0.167. The number of aromatic hydroxyl groups is 1. The van der Waals surface area contributed by atoms with Crippen LogP contribution in [0.25, 0.3) is 17.1 Å². The molecule has 0 unspecified atom stereocenters. The zero-order valence-corrected chi connectivity index (χ0v) is 24.5. The van der Waals surface area contributed by atoms with Crippen LogP contribution in [-0.2, 0) is 4.79 Å². The summed E-state index contributed by atoms with van der Waals surface area (Å²) in [5.41, 5.74) is 4.58. The molecule has 2 aliphatic rings. The lowest BCUT2D eigenvalue weighted by Crippen LogP contribution is -2.48. The molecule has 0 fully saturated rings. The zero-order valence-electron chi connectivity index (χ0n) is 21.3. The molecular weight excluding hydrogens is 592 g/mol. The van der Waals surface area contributed by atoms with Gasteiger partial charge < -0.3 is 10.0 Å². The number of carbonyl (C=O) groups is 1. The number of phenols is 1. The molecule has 6 rings (SSSR count). The Labute approximate surface area is 244 Å². The lowest BCUT2D eigenvalue weighted by Gasteiger charge is -2.40. The van der Waals surface area contributed by atoms with Crippen molar-refractivity contribution in [3.63, 3.8) is 0 Å². The minimum Gasteiger partial charge on any atom is -0.507 e. The number of amides is 1. The first-order valence-corrected chi connectivity index (χ1v) is 15.1. The summed E-state index contributed by atoms with van der Waals surface area (Å²) >= 11 is 6.65. The van der Waals surface area contributed by atoms with E-state index in [1.54, 1.807) is 23.9 Å². The maximum atomic E-state index is 13.9. The maximum absolute atomic E-state index is 13.9. The Morgan fingerprint density at radius 1 is 1.03 bits per heavy atom. The summed E-state index contributed by atoms with van der Waals surface area (Å²) in [6.07, 6.45) is 8.32. The van der Waals surface area contributed by atoms with Crippen LogP contribution in [0.15, 0.2) is 99.5 Å². The lowest BCUT2D eigenvalue weighted by atomic mass is 10.0. The standard InChI is InChI=1S/C30H25BrN4O2S2/c1-18-11-13-22(19(2)15-18)35-29(21-16-20(31)12-14-25(21)36)32-33-30(35)38-17-28(37)34-23-7-3-5-9-26(23)39-27-10-6-4-8-24(27)34/h3-16,23,26,36H,17H2,1-2H3/t23-,26-/m1/s1. The van der Waals surface area contributed by atoms with Crippen molar-refractivity contribution in [2.24, 2.45) is 0 Å². The summed E-state index contributed by atoms with van der Waals surface area (Å²) < 4.78 is 2.75. The first-order chi connectivity index (χ1) is 18.9. The van der Waals surface area contributed by atoms with Crippen molar-refractivity contribution in [3.05, 3.63) is 101 Å². The molecule has 1 amide bonds. The predicted molar refractivity (Wildman–Crippen MR) is 162 cm³/mol. The van der Waals surface area contributed by atoms with Crippen LogP contribution in [0.2, 0.25) is 0 Å². The van der Waals surface area contributed by atoms with Crippen LogP contribution in [0.4, 0.5) is 5.69 Å². The molecule has 0 bridgehead atoms. The summed E-state index contributed by atoms with van der Waals surface area (Å²) in [7, 11) is 0. The molecule has 1 aliphatic heterocycles. The Kier molecular flexibility index (Phi) is 7.14. The van der Waals surface area contributed by atoms with Crippen molar-refractivity contribution >= 4 is 51.0 Å². The van der Waals surface area contributed by atoms with Gasteiger partial charge in [0.05, 0.1) is 34.0 Å². The third-order valence-electron chi connectivity index (χ3n) is 6.76. The molecule has 2 atom stereocenters. The molecule has 2 heterocycles. The molecule has 4 aromatic rings. The molecule has 196 valence electrons. The van der Waals surface area contributed by atoms with Gasteiger partial charge in [-0.25, -0.2) is 0 Å². The molecule has 1 N–H and O–H groups in total. The number of allylic oxidation sites excluding steroid dienone is 2. The number of halogens is 1. The fourth-order valence-corrected chi connectivity index (χ4v) is 7.40. The largest absolute Gasteiger partial charge is 0.507 e. The summed E-state index contributed by atoms with van der Waals surface area (Å²) in [5.74, 6) is 0.809. The third-order valence-corrected chi connectivity index (χ3v) is 9.48. The number of para-hydroxylation sites is 1. The van der Waals surface area contributed by atoms with Gasteiger partial charge in [0.1, 0.15) is 5.75 Å². The number of rotatable bonds is 5. The van der Waals surface area contributed by atoms with E-state index in [2.05, 4.69) is 57.3 Å². The molecule has 0 spiro atoms. The summed E-state index contributed by atoms with van der Waals surface area (Å²) in [5, 5.41) is 20.4. The maximum Gasteiger partial charge on any atom is 0.238 e. The van der Waals surface area contributed by atoms with Crippen LogP contribution in [-0.4, -0.2) is 42.8 Å². The minimum atomic E-state index is -0.0469. The predicted octanol–water partition coefficient (Wildman–Crippen LogP) is 7.11. The van der Waals surface area contributed by atoms with E-state index in [1.807, 2.05) is 64.9 Å². The number of aryl methyl sites for hydroxylation is 2. The zero-order chi connectivity index (χ0) is 27.1. The van der Waals surface area contributed by atoms with Gasteiger partial charge in [0, 0.05) is 9.37 Å². The molecule has 39 heavy (non-hydrogen) atoms. The highest BCUT2D eigenvalue weighted by molar-refractivity contribution is 9.10. The van der Waals surface area contributed by atoms with Crippen molar-refractivity contribution in [1.82, 2.24) is 14.8 Å². The molecule has 1 aromatic heterocycles. The van der Waals surface area contributed by atoms with E-state index in [4.69, 9.17) is 0 Å². The number of aromatic nitrogens is 3. The van der Waals surface area contributed by atoms with Crippen LogP contribution in [0.5, 0.6) is 5.75 Å². The van der Waals surface area contributed by atoms with Gasteiger partial charge in [-0.3, -0.25) is 9.36 Å². The molecule has 0 saturated heterocycles. The van der Waals surface area contributed by atoms with E-state index in [9.17, 15) is 9.90 Å². The first kappa shape index (κ1) is 26.0. The number of fused-ring (bicyclic) bond motifs is 2. The van der Waals surface area contributed by atoms with Crippen LogP contribution >= 0.6 is 39.5 Å². The Bertz CT molecular complexity index is 1650. The Morgan fingerprint density at radius 3 is 2.69 bits per heavy atom. The topological polar surface area (TPSA) is 71.2 Å². The minimum absolute atomic E-state index is 0.00438. The summed E-state index contributed by atoms with van der Waals surface area (Å²) in [6, 6.07) is 19.4. The number of carbonyl (C=O) groups excluding carboxylic acids is 1. The van der Waals surface area contributed by atoms with Crippen molar-refractivity contribution in [2.45, 2.75) is 35.2 Å². The SMILES string of the molecule is Cc1ccc(-n2c(SCC(=O)N3c4ccccc4S[C@@H]4C=CC=C[C@H]43)nnc2-c2cc(Br)ccc2O)c(C)c1. The number of phenolic OH excluding ortho intramolecular Hbond substituents is 1. The average Bonchev–Trinajstić information content (AvgIpc) is 3.35. The number of anilines is 1.